The van der Waals surface area contributed by atoms with Crippen LogP contribution in [0.2, 0.25) is 0 Å². The quantitative estimate of drug-likeness (QED) is 0.895. The Balaban J connectivity index is 1.88. The van der Waals surface area contributed by atoms with Gasteiger partial charge in [0.1, 0.15) is 5.60 Å². The lowest BCUT2D eigenvalue weighted by Crippen LogP contribution is -2.49. The molecular weight excluding hydrogens is 292 g/mol. The van der Waals surface area contributed by atoms with E-state index in [0.717, 1.165) is 30.5 Å². The van der Waals surface area contributed by atoms with Crippen LogP contribution < -0.4 is 5.32 Å². The molecule has 2 N–H and O–H groups in total. The molecule has 1 atom stereocenters. The van der Waals surface area contributed by atoms with E-state index < -0.39 is 5.60 Å². The van der Waals surface area contributed by atoms with Crippen molar-refractivity contribution in [3.8, 4) is 0 Å². The zero-order chi connectivity index (χ0) is 16.9. The van der Waals surface area contributed by atoms with E-state index in [9.17, 15) is 9.90 Å². The van der Waals surface area contributed by atoms with Crippen LogP contribution in [0.3, 0.4) is 0 Å². The van der Waals surface area contributed by atoms with Gasteiger partial charge in [-0.15, -0.1) is 0 Å². The van der Waals surface area contributed by atoms with Gasteiger partial charge in [-0.1, -0.05) is 24.3 Å². The van der Waals surface area contributed by atoms with Crippen molar-refractivity contribution in [2.24, 2.45) is 0 Å². The van der Waals surface area contributed by atoms with Gasteiger partial charge in [0.05, 0.1) is 6.61 Å². The molecule has 1 aliphatic rings. The Morgan fingerprint density at radius 1 is 1.35 bits per heavy atom. The van der Waals surface area contributed by atoms with Crippen LogP contribution in [0.5, 0.6) is 0 Å². The molecule has 0 bridgehead atoms. The number of carbonyl (C=O) groups is 1. The Labute approximate surface area is 138 Å². The van der Waals surface area contributed by atoms with Crippen molar-refractivity contribution in [1.29, 1.82) is 0 Å². The second kappa shape index (κ2) is 7.79. The lowest BCUT2D eigenvalue weighted by Gasteiger charge is -2.34. The number of rotatable bonds is 4. The summed E-state index contributed by atoms with van der Waals surface area (Å²) in [6.07, 6.45) is 1.78. The van der Waals surface area contributed by atoms with Crippen LogP contribution in [0.1, 0.15) is 44.7 Å². The van der Waals surface area contributed by atoms with Gasteiger partial charge in [0.15, 0.2) is 0 Å². The molecule has 1 heterocycles. The van der Waals surface area contributed by atoms with Crippen molar-refractivity contribution in [3.63, 3.8) is 0 Å². The topological polar surface area (TPSA) is 61.8 Å². The number of likely N-dealkylation sites (tertiary alicyclic amines) is 1. The Bertz CT molecular complexity index is 525. The molecule has 1 amide bonds. The average Bonchev–Trinajstić information content (AvgIpc) is 2.52. The Morgan fingerprint density at radius 2 is 2.04 bits per heavy atom. The monoisotopic (exact) mass is 320 g/mol. The van der Waals surface area contributed by atoms with Crippen molar-refractivity contribution in [2.45, 2.75) is 58.4 Å². The molecule has 5 nitrogen and oxygen atoms in total. The second-order valence-corrected chi connectivity index (χ2v) is 7.07. The minimum Gasteiger partial charge on any atom is -0.444 e. The van der Waals surface area contributed by atoms with Crippen molar-refractivity contribution in [1.82, 2.24) is 10.2 Å². The molecule has 1 aromatic carbocycles. The predicted molar refractivity (Wildman–Crippen MR) is 90.0 cm³/mol. The number of aliphatic hydroxyl groups is 1. The average molecular weight is 320 g/mol. The summed E-state index contributed by atoms with van der Waals surface area (Å²) in [6, 6.07) is 8.12. The minimum absolute atomic E-state index is 0.0482. The third-order valence-corrected chi connectivity index (χ3v) is 3.94. The molecule has 0 aromatic heterocycles. The first-order valence-corrected chi connectivity index (χ1v) is 8.28. The lowest BCUT2D eigenvalue weighted by atomic mass is 10.0. The highest BCUT2D eigenvalue weighted by Crippen LogP contribution is 2.16. The third-order valence-electron chi connectivity index (χ3n) is 3.94. The van der Waals surface area contributed by atoms with Crippen molar-refractivity contribution >= 4 is 6.09 Å². The summed E-state index contributed by atoms with van der Waals surface area (Å²) in [7, 11) is 0. The molecule has 0 unspecified atom stereocenters. The van der Waals surface area contributed by atoms with Gasteiger partial charge >= 0.3 is 6.09 Å². The number of piperidine rings is 1. The Kier molecular flexibility index (Phi) is 6.02. The number of nitrogens with zero attached hydrogens (tertiary/aromatic N) is 1. The number of nitrogens with one attached hydrogen (secondary N) is 1. The van der Waals surface area contributed by atoms with Gasteiger partial charge < -0.3 is 20.1 Å². The maximum Gasteiger partial charge on any atom is 0.410 e. The Hall–Kier alpha value is -1.59. The molecule has 23 heavy (non-hydrogen) atoms. The van der Waals surface area contributed by atoms with E-state index in [2.05, 4.69) is 5.32 Å². The number of hydrogen-bond donors (Lipinski definition) is 2. The SMILES string of the molecule is CC(C)(C)OC(=O)N1CCC[C@@H](NCc2ccccc2CO)C1. The zero-order valence-electron chi connectivity index (χ0n) is 14.3. The molecular formula is C18H28N2O3. The number of benzene rings is 1. The zero-order valence-corrected chi connectivity index (χ0v) is 14.3. The highest BCUT2D eigenvalue weighted by molar-refractivity contribution is 5.68. The van der Waals surface area contributed by atoms with E-state index in [1.54, 1.807) is 4.90 Å². The van der Waals surface area contributed by atoms with E-state index in [1.165, 1.54) is 0 Å². The highest BCUT2D eigenvalue weighted by atomic mass is 16.6. The van der Waals surface area contributed by atoms with Crippen LogP contribution in [-0.4, -0.2) is 40.8 Å². The van der Waals surface area contributed by atoms with E-state index in [1.807, 2.05) is 45.0 Å². The van der Waals surface area contributed by atoms with Crippen LogP contribution in [0, 0.1) is 0 Å². The maximum absolute atomic E-state index is 12.2. The van der Waals surface area contributed by atoms with Crippen molar-refractivity contribution < 1.29 is 14.6 Å². The minimum atomic E-state index is -0.461. The van der Waals surface area contributed by atoms with Crippen LogP contribution in [0.15, 0.2) is 24.3 Å². The van der Waals surface area contributed by atoms with Crippen LogP contribution in [0.25, 0.3) is 0 Å². The fourth-order valence-electron chi connectivity index (χ4n) is 2.77. The van der Waals surface area contributed by atoms with E-state index in [-0.39, 0.29) is 18.7 Å². The summed E-state index contributed by atoms with van der Waals surface area (Å²) in [6.45, 7) is 7.82. The van der Waals surface area contributed by atoms with Gasteiger partial charge in [0.25, 0.3) is 0 Å². The largest absolute Gasteiger partial charge is 0.444 e. The fraction of sp³-hybridized carbons (Fsp3) is 0.611. The molecule has 2 rings (SSSR count). The smallest absolute Gasteiger partial charge is 0.410 e. The van der Waals surface area contributed by atoms with Crippen molar-refractivity contribution in [2.75, 3.05) is 13.1 Å². The Morgan fingerprint density at radius 3 is 2.70 bits per heavy atom. The highest BCUT2D eigenvalue weighted by Gasteiger charge is 2.27. The molecule has 0 radical (unpaired) electrons. The number of hydrogen-bond acceptors (Lipinski definition) is 4. The molecule has 0 saturated carbocycles. The summed E-state index contributed by atoms with van der Waals surface area (Å²) < 4.78 is 5.45. The van der Waals surface area contributed by atoms with Crippen LogP contribution in [0.4, 0.5) is 4.79 Å². The number of amides is 1. The molecule has 5 heteroatoms. The van der Waals surface area contributed by atoms with E-state index in [0.29, 0.717) is 13.1 Å². The van der Waals surface area contributed by atoms with Gasteiger partial charge in [-0.3, -0.25) is 0 Å². The molecule has 128 valence electrons. The number of aliphatic hydroxyl groups excluding tert-OH is 1. The summed E-state index contributed by atoms with van der Waals surface area (Å²) in [5.74, 6) is 0. The van der Waals surface area contributed by atoms with Crippen LogP contribution in [-0.2, 0) is 17.9 Å². The van der Waals surface area contributed by atoms with E-state index in [4.69, 9.17) is 4.74 Å². The first kappa shape index (κ1) is 17.8. The van der Waals surface area contributed by atoms with Gasteiger partial charge in [-0.05, 0) is 44.7 Å². The van der Waals surface area contributed by atoms with Gasteiger partial charge in [-0.2, -0.15) is 0 Å². The van der Waals surface area contributed by atoms with Crippen molar-refractivity contribution in [3.05, 3.63) is 35.4 Å². The molecule has 0 spiro atoms. The number of carbonyl (C=O) groups excluding carboxylic acids is 1. The van der Waals surface area contributed by atoms with Gasteiger partial charge in [0.2, 0.25) is 0 Å². The predicted octanol–water partition coefficient (Wildman–Crippen LogP) is 2.67. The maximum atomic E-state index is 12.2. The molecule has 1 aliphatic heterocycles. The molecule has 1 saturated heterocycles. The summed E-state index contributed by atoms with van der Waals surface area (Å²) in [5, 5.41) is 12.9. The second-order valence-electron chi connectivity index (χ2n) is 7.07. The first-order chi connectivity index (χ1) is 10.9. The van der Waals surface area contributed by atoms with Crippen LogP contribution >= 0.6 is 0 Å². The lowest BCUT2D eigenvalue weighted by molar-refractivity contribution is 0.0187. The third kappa shape index (κ3) is 5.52. The fourth-order valence-corrected chi connectivity index (χ4v) is 2.77. The van der Waals surface area contributed by atoms with Gasteiger partial charge in [0, 0.05) is 25.7 Å². The van der Waals surface area contributed by atoms with Gasteiger partial charge in [-0.25, -0.2) is 4.79 Å². The molecule has 1 aromatic rings. The standard InChI is InChI=1S/C18H28N2O3/c1-18(2,3)23-17(22)20-10-6-9-16(12-20)19-11-14-7-4-5-8-15(14)13-21/h4-5,7-8,16,19,21H,6,9-13H2,1-3H3/t16-/m1/s1. The molecule has 1 fully saturated rings. The summed E-state index contributed by atoms with van der Waals surface area (Å²) in [4.78, 5) is 14.0. The number of ether oxygens (including phenoxy) is 1. The molecule has 0 aliphatic carbocycles. The summed E-state index contributed by atoms with van der Waals surface area (Å²) >= 11 is 0. The first-order valence-electron chi connectivity index (χ1n) is 8.28. The normalized spacial score (nSPS) is 18.8. The summed E-state index contributed by atoms with van der Waals surface area (Å²) in [5.41, 5.74) is 1.58. The van der Waals surface area contributed by atoms with E-state index >= 15 is 0 Å².